The lowest BCUT2D eigenvalue weighted by Gasteiger charge is -2.17. The summed E-state index contributed by atoms with van der Waals surface area (Å²) in [6.45, 7) is 4.75. The average molecular weight is 478 g/mol. The van der Waals surface area contributed by atoms with Crippen LogP contribution in [0.25, 0.3) is 20.4 Å². The number of rotatable bonds is 5. The Morgan fingerprint density at radius 1 is 1.18 bits per heavy atom. The minimum atomic E-state index is -4.63. The maximum absolute atomic E-state index is 14.1. The number of carbonyl (C=O) groups excluding carboxylic acids is 1. The van der Waals surface area contributed by atoms with Crippen LogP contribution in [0.4, 0.5) is 23.4 Å². The highest BCUT2D eigenvalue weighted by molar-refractivity contribution is 7.25. The number of anilines is 1. The number of aromatic nitrogens is 4. The van der Waals surface area contributed by atoms with Crippen LogP contribution >= 0.6 is 11.3 Å². The molecule has 0 aliphatic heterocycles. The molecule has 172 valence electrons. The largest absolute Gasteiger partial charge is 0.408 e. The molecule has 3 heterocycles. The monoisotopic (exact) mass is 478 g/mol. The fourth-order valence-electron chi connectivity index (χ4n) is 3.21. The summed E-state index contributed by atoms with van der Waals surface area (Å²) in [6.07, 6.45) is -3.22. The van der Waals surface area contributed by atoms with Crippen LogP contribution in [0.1, 0.15) is 34.1 Å². The molecule has 12 heteroatoms. The van der Waals surface area contributed by atoms with Crippen LogP contribution in [0.3, 0.4) is 0 Å². The van der Waals surface area contributed by atoms with Crippen molar-refractivity contribution in [1.82, 2.24) is 25.5 Å². The summed E-state index contributed by atoms with van der Waals surface area (Å²) in [7, 11) is 0. The van der Waals surface area contributed by atoms with Gasteiger partial charge in [0.25, 0.3) is 5.91 Å². The van der Waals surface area contributed by atoms with Crippen molar-refractivity contribution < 1.29 is 22.4 Å². The number of halogens is 4. The zero-order chi connectivity index (χ0) is 23.9. The Bertz CT molecular complexity index is 1370. The highest BCUT2D eigenvalue weighted by Crippen LogP contribution is 2.36. The third-order valence-corrected chi connectivity index (χ3v) is 6.31. The van der Waals surface area contributed by atoms with Crippen LogP contribution in [0, 0.1) is 19.7 Å². The number of nitrogens with zero attached hydrogens (tertiary/aromatic N) is 4. The number of hydrogen-bond acceptors (Lipinski definition) is 7. The van der Waals surface area contributed by atoms with Crippen molar-refractivity contribution in [3.8, 4) is 0 Å². The van der Waals surface area contributed by atoms with Gasteiger partial charge < -0.3 is 10.6 Å². The fourth-order valence-corrected chi connectivity index (χ4v) is 4.31. The van der Waals surface area contributed by atoms with Crippen molar-refractivity contribution in [2.75, 3.05) is 5.32 Å². The summed E-state index contributed by atoms with van der Waals surface area (Å²) < 4.78 is 53.1. The first-order valence-electron chi connectivity index (χ1n) is 9.83. The molecule has 2 N–H and O–H groups in total. The Morgan fingerprint density at radius 2 is 1.94 bits per heavy atom. The number of carbonyl (C=O) groups is 1. The molecule has 0 aliphatic carbocycles. The van der Waals surface area contributed by atoms with E-state index < -0.39 is 29.5 Å². The van der Waals surface area contributed by atoms with E-state index in [9.17, 15) is 22.4 Å². The summed E-state index contributed by atoms with van der Waals surface area (Å²) in [4.78, 5) is 21.6. The quantitative estimate of drug-likeness (QED) is 0.405. The number of amides is 1. The first-order valence-corrected chi connectivity index (χ1v) is 10.6. The van der Waals surface area contributed by atoms with Gasteiger partial charge in [-0.2, -0.15) is 18.3 Å². The van der Waals surface area contributed by atoms with E-state index in [1.54, 1.807) is 5.32 Å². The fraction of sp³-hybridized carbons (Fsp3) is 0.286. The second kappa shape index (κ2) is 8.50. The lowest BCUT2D eigenvalue weighted by Crippen LogP contribution is -2.43. The van der Waals surface area contributed by atoms with E-state index in [1.807, 2.05) is 13.8 Å². The standard InChI is InChI=1S/C21H18F4N6OS/c1-9-10(2)30-31-20-15(9)16-17(33-20)18(28-8-27-16)26-7-12-4-5-14(22)13(6-12)19(32)29-11(3)21(23,24)25/h4-6,8,11H,7H2,1-3H3,(H,29,32)(H,26,27,28)/t11-/m1/s1. The van der Waals surface area contributed by atoms with Crippen LogP contribution in [-0.2, 0) is 6.54 Å². The lowest BCUT2D eigenvalue weighted by atomic mass is 10.1. The van der Waals surface area contributed by atoms with Crippen molar-refractivity contribution >= 4 is 43.5 Å². The second-order valence-electron chi connectivity index (χ2n) is 7.50. The smallest absolute Gasteiger partial charge is 0.365 e. The van der Waals surface area contributed by atoms with Gasteiger partial charge in [0.15, 0.2) is 0 Å². The van der Waals surface area contributed by atoms with E-state index >= 15 is 0 Å². The van der Waals surface area contributed by atoms with Crippen molar-refractivity contribution in [3.05, 3.63) is 52.7 Å². The molecular formula is C21H18F4N6OS. The number of thiophene rings is 1. The van der Waals surface area contributed by atoms with Gasteiger partial charge in [0, 0.05) is 11.9 Å². The minimum absolute atomic E-state index is 0.152. The van der Waals surface area contributed by atoms with Gasteiger partial charge >= 0.3 is 6.18 Å². The third kappa shape index (κ3) is 4.42. The molecule has 4 aromatic rings. The zero-order valence-corrected chi connectivity index (χ0v) is 18.5. The zero-order valence-electron chi connectivity index (χ0n) is 17.7. The molecule has 3 aromatic heterocycles. The van der Waals surface area contributed by atoms with E-state index in [0.717, 1.165) is 44.7 Å². The van der Waals surface area contributed by atoms with Gasteiger partial charge in [-0.25, -0.2) is 14.4 Å². The van der Waals surface area contributed by atoms with Gasteiger partial charge in [-0.1, -0.05) is 6.07 Å². The molecule has 0 aliphatic rings. The number of aryl methyl sites for hydroxylation is 2. The van der Waals surface area contributed by atoms with Crippen molar-refractivity contribution in [2.45, 2.75) is 39.5 Å². The first kappa shape index (κ1) is 22.8. The maximum Gasteiger partial charge on any atom is 0.408 e. The molecular weight excluding hydrogens is 460 g/mol. The Labute approximate surface area is 189 Å². The van der Waals surface area contributed by atoms with E-state index in [4.69, 9.17) is 0 Å². The number of nitrogens with one attached hydrogen (secondary N) is 2. The summed E-state index contributed by atoms with van der Waals surface area (Å²) in [6, 6.07) is 1.59. The molecule has 1 amide bonds. The molecule has 0 bridgehead atoms. The molecule has 7 nitrogen and oxygen atoms in total. The summed E-state index contributed by atoms with van der Waals surface area (Å²) in [5.74, 6) is -1.54. The Balaban J connectivity index is 1.59. The van der Waals surface area contributed by atoms with Crippen molar-refractivity contribution in [1.29, 1.82) is 0 Å². The lowest BCUT2D eigenvalue weighted by molar-refractivity contribution is -0.149. The molecule has 0 spiro atoms. The summed E-state index contributed by atoms with van der Waals surface area (Å²) in [5, 5.41) is 14.2. The predicted octanol–water partition coefficient (Wildman–Crippen LogP) is 4.68. The minimum Gasteiger partial charge on any atom is -0.365 e. The van der Waals surface area contributed by atoms with E-state index in [2.05, 4.69) is 25.5 Å². The molecule has 0 saturated heterocycles. The topological polar surface area (TPSA) is 92.7 Å². The van der Waals surface area contributed by atoms with Gasteiger partial charge in [-0.15, -0.1) is 16.4 Å². The van der Waals surface area contributed by atoms with Crippen LogP contribution in [0.15, 0.2) is 24.5 Å². The van der Waals surface area contributed by atoms with Crippen LogP contribution in [0.5, 0.6) is 0 Å². The summed E-state index contributed by atoms with van der Waals surface area (Å²) in [5.41, 5.74) is 2.51. The molecule has 33 heavy (non-hydrogen) atoms. The van der Waals surface area contributed by atoms with E-state index in [-0.39, 0.29) is 6.54 Å². The van der Waals surface area contributed by atoms with Gasteiger partial charge in [-0.3, -0.25) is 4.79 Å². The normalized spacial score (nSPS) is 12.8. The van der Waals surface area contributed by atoms with Gasteiger partial charge in [0.05, 0.1) is 21.5 Å². The van der Waals surface area contributed by atoms with E-state index in [1.165, 1.54) is 29.8 Å². The first-order chi connectivity index (χ1) is 15.6. The molecule has 0 fully saturated rings. The van der Waals surface area contributed by atoms with Crippen molar-refractivity contribution in [2.24, 2.45) is 0 Å². The summed E-state index contributed by atoms with van der Waals surface area (Å²) >= 11 is 1.37. The molecule has 4 rings (SSSR count). The number of alkyl halides is 3. The molecule has 0 unspecified atom stereocenters. The van der Waals surface area contributed by atoms with Gasteiger partial charge in [-0.05, 0) is 44.0 Å². The molecule has 0 saturated carbocycles. The van der Waals surface area contributed by atoms with Crippen LogP contribution < -0.4 is 10.6 Å². The second-order valence-corrected chi connectivity index (χ2v) is 8.50. The number of fused-ring (bicyclic) bond motifs is 3. The van der Waals surface area contributed by atoms with Crippen molar-refractivity contribution in [3.63, 3.8) is 0 Å². The van der Waals surface area contributed by atoms with Gasteiger partial charge in [0.2, 0.25) is 0 Å². The molecule has 1 atom stereocenters. The highest BCUT2D eigenvalue weighted by Gasteiger charge is 2.37. The van der Waals surface area contributed by atoms with Crippen LogP contribution in [0.2, 0.25) is 0 Å². The Hall–Kier alpha value is -3.41. The van der Waals surface area contributed by atoms with E-state index in [0.29, 0.717) is 11.4 Å². The maximum atomic E-state index is 14.1. The van der Waals surface area contributed by atoms with Crippen LogP contribution in [-0.4, -0.2) is 38.3 Å². The Morgan fingerprint density at radius 3 is 2.67 bits per heavy atom. The highest BCUT2D eigenvalue weighted by atomic mass is 32.1. The van der Waals surface area contributed by atoms with Gasteiger partial charge in [0.1, 0.15) is 28.8 Å². The Kier molecular flexibility index (Phi) is 5.87. The third-order valence-electron chi connectivity index (χ3n) is 5.24. The SMILES string of the molecule is Cc1nnc2sc3c(NCc4ccc(F)c(C(=O)N[C@H](C)C(F)(F)F)c4)ncnc3c2c1C. The molecule has 1 aromatic carbocycles. The number of benzene rings is 1. The average Bonchev–Trinajstić information content (AvgIpc) is 3.15. The molecule has 0 radical (unpaired) electrons. The predicted molar refractivity (Wildman–Crippen MR) is 117 cm³/mol. The number of hydrogen-bond donors (Lipinski definition) is 2.